The van der Waals surface area contributed by atoms with Crippen LogP contribution in [-0.2, 0) is 16.7 Å². The number of morpholine rings is 1. The first-order chi connectivity index (χ1) is 16.0. The van der Waals surface area contributed by atoms with E-state index >= 15 is 0 Å². The van der Waals surface area contributed by atoms with E-state index in [9.17, 15) is 9.59 Å². The Morgan fingerprint density at radius 1 is 1.24 bits per heavy atom. The van der Waals surface area contributed by atoms with Crippen LogP contribution in [0.3, 0.4) is 0 Å². The van der Waals surface area contributed by atoms with Gasteiger partial charge >= 0.3 is 6.03 Å². The number of anilines is 1. The van der Waals surface area contributed by atoms with Crippen LogP contribution in [0.2, 0.25) is 5.02 Å². The Bertz CT molecular complexity index is 1230. The van der Waals surface area contributed by atoms with Crippen LogP contribution in [0.15, 0.2) is 35.1 Å². The number of aromatic nitrogens is 3. The largest absolute Gasteiger partial charge is 0.378 e. The first-order valence-corrected chi connectivity index (χ1v) is 11.6. The summed E-state index contributed by atoms with van der Waals surface area (Å²) in [5.41, 5.74) is 3.47. The minimum Gasteiger partial charge on any atom is -0.378 e. The van der Waals surface area contributed by atoms with Gasteiger partial charge in [-0.3, -0.25) is 9.89 Å². The number of H-pyrrole nitrogens is 1. The van der Waals surface area contributed by atoms with E-state index in [0.717, 1.165) is 51.3 Å². The number of urea groups is 1. The molecule has 174 valence electrons. The molecule has 10 heteroatoms. The van der Waals surface area contributed by atoms with Crippen LogP contribution < -0.4 is 21.1 Å². The van der Waals surface area contributed by atoms with Gasteiger partial charge in [-0.05, 0) is 30.5 Å². The Labute approximate surface area is 196 Å². The van der Waals surface area contributed by atoms with Gasteiger partial charge in [-0.25, -0.2) is 9.78 Å². The number of fused-ring (bicyclic) bond motifs is 1. The fourth-order valence-corrected chi connectivity index (χ4v) is 5.10. The van der Waals surface area contributed by atoms with Crippen molar-refractivity contribution in [3.05, 3.63) is 62.7 Å². The Hall–Kier alpha value is -3.04. The van der Waals surface area contributed by atoms with Gasteiger partial charge < -0.3 is 20.3 Å². The summed E-state index contributed by atoms with van der Waals surface area (Å²) in [7, 11) is 1.53. The average molecular weight is 471 g/mol. The summed E-state index contributed by atoms with van der Waals surface area (Å²) in [6, 6.07) is 9.71. The van der Waals surface area contributed by atoms with Gasteiger partial charge in [0.2, 0.25) is 0 Å². The van der Waals surface area contributed by atoms with Crippen LogP contribution >= 0.6 is 11.6 Å². The van der Waals surface area contributed by atoms with Crippen molar-refractivity contribution in [2.45, 2.75) is 31.2 Å². The number of nitrogens with zero attached hydrogens (tertiary/aromatic N) is 3. The summed E-state index contributed by atoms with van der Waals surface area (Å²) in [5, 5.41) is 8.82. The SMILES string of the molecule is CNC(=O)NCc1cc(=O)n2[nH]c(C3(c4ccc(N5CCOCC5)cc4)CCC3)c(Cl)c2n1. The van der Waals surface area contributed by atoms with Crippen molar-refractivity contribution in [1.82, 2.24) is 25.2 Å². The predicted molar refractivity (Wildman–Crippen MR) is 126 cm³/mol. The molecular weight excluding hydrogens is 444 g/mol. The fourth-order valence-electron chi connectivity index (χ4n) is 4.75. The molecule has 3 heterocycles. The minimum atomic E-state index is -0.341. The van der Waals surface area contributed by atoms with Crippen LogP contribution in [0, 0.1) is 0 Å². The molecule has 33 heavy (non-hydrogen) atoms. The number of rotatable bonds is 5. The molecule has 0 bridgehead atoms. The molecule has 0 spiro atoms. The van der Waals surface area contributed by atoms with Gasteiger partial charge in [0, 0.05) is 37.3 Å². The van der Waals surface area contributed by atoms with Gasteiger partial charge in [-0.2, -0.15) is 4.52 Å². The Balaban J connectivity index is 1.49. The Morgan fingerprint density at radius 2 is 1.97 bits per heavy atom. The quantitative estimate of drug-likeness (QED) is 0.531. The number of carbonyl (C=O) groups excluding carboxylic acids is 1. The lowest BCUT2D eigenvalue weighted by atomic mass is 9.62. The van der Waals surface area contributed by atoms with E-state index in [2.05, 4.69) is 49.9 Å². The first kappa shape index (κ1) is 21.8. The standard InChI is InChI=1S/C23H27ClN6O3/c1-25-22(32)26-14-16-13-18(31)30-21(27-16)19(24)20(28-30)23(7-2-8-23)15-3-5-17(6-4-15)29-9-11-33-12-10-29/h3-6,13,28H,2,7-12,14H2,1H3,(H2,25,26,32). The third-order valence-electron chi connectivity index (χ3n) is 6.75. The van der Waals surface area contributed by atoms with Crippen molar-refractivity contribution in [2.75, 3.05) is 38.3 Å². The van der Waals surface area contributed by atoms with E-state index in [0.29, 0.717) is 16.4 Å². The highest BCUT2D eigenvalue weighted by Crippen LogP contribution is 2.51. The molecule has 2 amide bonds. The third-order valence-corrected chi connectivity index (χ3v) is 7.11. The molecule has 3 aromatic rings. The highest BCUT2D eigenvalue weighted by atomic mass is 35.5. The van der Waals surface area contributed by atoms with Crippen LogP contribution in [-0.4, -0.2) is 54.0 Å². The molecule has 0 atom stereocenters. The summed E-state index contributed by atoms with van der Waals surface area (Å²) in [6.07, 6.45) is 2.97. The highest BCUT2D eigenvalue weighted by molar-refractivity contribution is 6.34. The van der Waals surface area contributed by atoms with Crippen LogP contribution in [0.5, 0.6) is 0 Å². The van der Waals surface area contributed by atoms with Gasteiger partial charge in [0.05, 0.1) is 31.1 Å². The van der Waals surface area contributed by atoms with Crippen LogP contribution in [0.1, 0.15) is 36.2 Å². The third kappa shape index (κ3) is 3.85. The van der Waals surface area contributed by atoms with E-state index in [4.69, 9.17) is 16.3 Å². The highest BCUT2D eigenvalue weighted by Gasteiger charge is 2.44. The van der Waals surface area contributed by atoms with Gasteiger partial charge in [-0.15, -0.1) is 0 Å². The number of aromatic amines is 1. The van der Waals surface area contributed by atoms with Crippen LogP contribution in [0.25, 0.3) is 5.65 Å². The maximum atomic E-state index is 12.8. The molecule has 1 saturated heterocycles. The minimum absolute atomic E-state index is 0.135. The van der Waals surface area contributed by atoms with Gasteiger partial charge in [-0.1, -0.05) is 30.2 Å². The Morgan fingerprint density at radius 3 is 2.61 bits per heavy atom. The number of amides is 2. The van der Waals surface area contributed by atoms with Crippen molar-refractivity contribution < 1.29 is 9.53 Å². The summed E-state index contributed by atoms with van der Waals surface area (Å²) in [5.74, 6) is 0. The number of benzene rings is 1. The number of halogens is 1. The van der Waals surface area contributed by atoms with Crippen molar-refractivity contribution in [2.24, 2.45) is 0 Å². The lowest BCUT2D eigenvalue weighted by Crippen LogP contribution is -2.37. The first-order valence-electron chi connectivity index (χ1n) is 11.2. The van der Waals surface area contributed by atoms with Crippen molar-refractivity contribution in [1.29, 1.82) is 0 Å². The number of hydrogen-bond acceptors (Lipinski definition) is 5. The molecule has 2 fully saturated rings. The summed E-state index contributed by atoms with van der Waals surface area (Å²) in [4.78, 5) is 31.1. The second-order valence-corrected chi connectivity index (χ2v) is 8.94. The fraction of sp³-hybridized carbons (Fsp3) is 0.435. The molecule has 3 N–H and O–H groups in total. The topological polar surface area (TPSA) is 104 Å². The average Bonchev–Trinajstić information content (AvgIpc) is 3.15. The van der Waals surface area contributed by atoms with Gasteiger partial charge in [0.1, 0.15) is 5.02 Å². The molecule has 1 aliphatic heterocycles. The monoisotopic (exact) mass is 470 g/mol. The second kappa shape index (κ2) is 8.72. The zero-order valence-corrected chi connectivity index (χ0v) is 19.2. The molecule has 1 saturated carbocycles. The molecule has 0 radical (unpaired) electrons. The number of ether oxygens (including phenoxy) is 1. The maximum absolute atomic E-state index is 12.8. The normalized spacial score (nSPS) is 17.6. The zero-order valence-electron chi connectivity index (χ0n) is 18.5. The maximum Gasteiger partial charge on any atom is 0.314 e. The van der Waals surface area contributed by atoms with Gasteiger partial charge in [0.15, 0.2) is 5.65 Å². The van der Waals surface area contributed by atoms with E-state index in [1.54, 1.807) is 0 Å². The number of hydrogen-bond donors (Lipinski definition) is 3. The molecule has 1 aromatic carbocycles. The van der Waals surface area contributed by atoms with Crippen molar-refractivity contribution in [3.63, 3.8) is 0 Å². The smallest absolute Gasteiger partial charge is 0.314 e. The molecule has 2 aliphatic rings. The van der Waals surface area contributed by atoms with Crippen LogP contribution in [0.4, 0.5) is 10.5 Å². The van der Waals surface area contributed by atoms with E-state index in [1.807, 2.05) is 0 Å². The summed E-state index contributed by atoms with van der Waals surface area (Å²) in [6.45, 7) is 3.42. The molecule has 0 unspecified atom stereocenters. The summed E-state index contributed by atoms with van der Waals surface area (Å²) < 4.78 is 6.85. The molecule has 1 aliphatic carbocycles. The zero-order chi connectivity index (χ0) is 23.0. The lowest BCUT2D eigenvalue weighted by Gasteiger charge is -2.42. The van der Waals surface area contributed by atoms with Crippen molar-refractivity contribution >= 4 is 29.0 Å². The Kier molecular flexibility index (Phi) is 5.76. The number of carbonyl (C=O) groups is 1. The number of nitrogens with one attached hydrogen (secondary N) is 3. The summed E-state index contributed by atoms with van der Waals surface area (Å²) >= 11 is 6.82. The van der Waals surface area contributed by atoms with E-state index in [-0.39, 0.29) is 23.6 Å². The van der Waals surface area contributed by atoms with Crippen molar-refractivity contribution in [3.8, 4) is 0 Å². The lowest BCUT2D eigenvalue weighted by molar-refractivity contribution is 0.122. The molecular formula is C23H27ClN6O3. The molecule has 9 nitrogen and oxygen atoms in total. The molecule has 2 aromatic heterocycles. The predicted octanol–water partition coefficient (Wildman–Crippen LogP) is 2.41. The second-order valence-electron chi connectivity index (χ2n) is 8.56. The molecule has 5 rings (SSSR count). The van der Waals surface area contributed by atoms with E-state index in [1.165, 1.54) is 28.9 Å². The van der Waals surface area contributed by atoms with Gasteiger partial charge in [0.25, 0.3) is 5.56 Å². The van der Waals surface area contributed by atoms with E-state index < -0.39 is 0 Å².